The van der Waals surface area contributed by atoms with Crippen molar-refractivity contribution in [3.05, 3.63) is 59.7 Å². The molecule has 2 aromatic rings. The second kappa shape index (κ2) is 13.1. The standard InChI is InChI=1S/C28H36N2O6/c1-4-5-6-15-25(27(32)33)30(2)17-19(16-26(31)35-3)29-28(34)36-18-24-22-13-9-7-11-20(22)21-12-8-10-14-23(21)24/h7-14,19,24-25H,4-6,15-18H2,1-3H3,(H,29,34)(H,32,33)/t19-,25-/m0/s1. The fraction of sp³-hybridized carbons (Fsp3) is 0.464. The minimum atomic E-state index is -0.924. The first-order chi connectivity index (χ1) is 17.3. The Labute approximate surface area is 212 Å². The highest BCUT2D eigenvalue weighted by Gasteiger charge is 2.30. The van der Waals surface area contributed by atoms with Gasteiger partial charge in [0, 0.05) is 12.5 Å². The summed E-state index contributed by atoms with van der Waals surface area (Å²) in [4.78, 5) is 38.3. The second-order valence-electron chi connectivity index (χ2n) is 9.24. The fourth-order valence-corrected chi connectivity index (χ4v) is 4.85. The van der Waals surface area contributed by atoms with E-state index in [1.165, 1.54) is 7.11 Å². The average molecular weight is 497 g/mol. The summed E-state index contributed by atoms with van der Waals surface area (Å²) in [7, 11) is 2.97. The third kappa shape index (κ3) is 6.85. The summed E-state index contributed by atoms with van der Waals surface area (Å²) < 4.78 is 10.4. The number of rotatable bonds is 13. The first-order valence-corrected chi connectivity index (χ1v) is 12.5. The van der Waals surface area contributed by atoms with Crippen molar-refractivity contribution in [1.82, 2.24) is 10.2 Å². The predicted octanol–water partition coefficient (Wildman–Crippen LogP) is 4.42. The maximum atomic E-state index is 12.8. The van der Waals surface area contributed by atoms with Gasteiger partial charge >= 0.3 is 18.0 Å². The minimum absolute atomic E-state index is 0.0835. The molecule has 8 heteroatoms. The van der Waals surface area contributed by atoms with E-state index >= 15 is 0 Å². The van der Waals surface area contributed by atoms with Crippen LogP contribution in [0.2, 0.25) is 0 Å². The molecule has 3 rings (SSSR count). The van der Waals surface area contributed by atoms with Crippen LogP contribution >= 0.6 is 0 Å². The third-order valence-electron chi connectivity index (χ3n) is 6.71. The monoisotopic (exact) mass is 496 g/mol. The number of unbranched alkanes of at least 4 members (excludes halogenated alkanes) is 2. The highest BCUT2D eigenvalue weighted by molar-refractivity contribution is 5.79. The van der Waals surface area contributed by atoms with Crippen molar-refractivity contribution in [2.24, 2.45) is 0 Å². The number of nitrogens with zero attached hydrogens (tertiary/aromatic N) is 1. The molecule has 0 unspecified atom stereocenters. The van der Waals surface area contributed by atoms with Gasteiger partial charge in [0.1, 0.15) is 12.6 Å². The SMILES string of the molecule is CCCCC[C@@H](C(=O)O)N(C)C[C@H](CC(=O)OC)NC(=O)OCC1c2ccccc2-c2ccccc21. The molecule has 2 atom stereocenters. The molecule has 0 radical (unpaired) electrons. The Morgan fingerprint density at radius 3 is 2.19 bits per heavy atom. The number of hydrogen-bond donors (Lipinski definition) is 2. The van der Waals surface area contributed by atoms with Crippen molar-refractivity contribution < 1.29 is 29.0 Å². The van der Waals surface area contributed by atoms with Gasteiger partial charge in [0.25, 0.3) is 0 Å². The number of alkyl carbamates (subject to hydrolysis) is 1. The van der Waals surface area contributed by atoms with Gasteiger partial charge < -0.3 is 19.9 Å². The number of nitrogens with one attached hydrogen (secondary N) is 1. The van der Waals surface area contributed by atoms with Crippen LogP contribution in [-0.4, -0.2) is 67.4 Å². The molecule has 2 aromatic carbocycles. The Morgan fingerprint density at radius 2 is 1.64 bits per heavy atom. The number of benzene rings is 2. The molecular formula is C28H36N2O6. The van der Waals surface area contributed by atoms with E-state index < -0.39 is 30.1 Å². The zero-order chi connectivity index (χ0) is 26.1. The molecular weight excluding hydrogens is 460 g/mol. The van der Waals surface area contributed by atoms with Gasteiger partial charge in [-0.25, -0.2) is 4.79 Å². The topological polar surface area (TPSA) is 105 Å². The van der Waals surface area contributed by atoms with Crippen LogP contribution in [0.4, 0.5) is 4.79 Å². The fourth-order valence-electron chi connectivity index (χ4n) is 4.85. The van der Waals surface area contributed by atoms with E-state index in [-0.39, 0.29) is 25.5 Å². The molecule has 0 saturated carbocycles. The number of fused-ring (bicyclic) bond motifs is 3. The number of methoxy groups -OCH3 is 1. The highest BCUT2D eigenvalue weighted by Crippen LogP contribution is 2.44. The zero-order valence-electron chi connectivity index (χ0n) is 21.2. The number of carboxylic acids is 1. The molecule has 8 nitrogen and oxygen atoms in total. The average Bonchev–Trinajstić information content (AvgIpc) is 3.18. The minimum Gasteiger partial charge on any atom is -0.480 e. The Balaban J connectivity index is 1.65. The van der Waals surface area contributed by atoms with E-state index in [1.807, 2.05) is 36.4 Å². The van der Waals surface area contributed by atoms with Crippen molar-refractivity contribution in [2.45, 2.75) is 57.0 Å². The van der Waals surface area contributed by atoms with E-state index in [2.05, 4.69) is 24.4 Å². The van der Waals surface area contributed by atoms with Crippen LogP contribution in [0.3, 0.4) is 0 Å². The molecule has 0 aliphatic heterocycles. The molecule has 0 spiro atoms. The number of ether oxygens (including phenoxy) is 2. The quantitative estimate of drug-likeness (QED) is 0.312. The van der Waals surface area contributed by atoms with Gasteiger partial charge in [-0.3, -0.25) is 14.5 Å². The second-order valence-corrected chi connectivity index (χ2v) is 9.24. The van der Waals surface area contributed by atoms with Gasteiger partial charge in [0.05, 0.1) is 19.6 Å². The van der Waals surface area contributed by atoms with Gasteiger partial charge in [-0.2, -0.15) is 0 Å². The lowest BCUT2D eigenvalue weighted by Crippen LogP contribution is -2.49. The molecule has 0 saturated heterocycles. The molecule has 2 N–H and O–H groups in total. The summed E-state index contributed by atoms with van der Waals surface area (Å²) in [6, 6.07) is 14.8. The van der Waals surface area contributed by atoms with Gasteiger partial charge in [-0.05, 0) is 35.7 Å². The van der Waals surface area contributed by atoms with Crippen molar-refractivity contribution in [3.63, 3.8) is 0 Å². The molecule has 0 bridgehead atoms. The van der Waals surface area contributed by atoms with Crippen molar-refractivity contribution in [2.75, 3.05) is 27.3 Å². The molecule has 0 aromatic heterocycles. The van der Waals surface area contributed by atoms with Gasteiger partial charge in [0.15, 0.2) is 0 Å². The van der Waals surface area contributed by atoms with E-state index in [0.717, 1.165) is 41.5 Å². The number of amides is 1. The molecule has 36 heavy (non-hydrogen) atoms. The Bertz CT molecular complexity index is 1010. The summed E-state index contributed by atoms with van der Waals surface area (Å²) in [5, 5.41) is 12.4. The van der Waals surface area contributed by atoms with Crippen molar-refractivity contribution in [3.8, 4) is 11.1 Å². The molecule has 0 fully saturated rings. The summed E-state index contributed by atoms with van der Waals surface area (Å²) >= 11 is 0. The first-order valence-electron chi connectivity index (χ1n) is 12.5. The van der Waals surface area contributed by atoms with Crippen LogP contribution in [0.15, 0.2) is 48.5 Å². The predicted molar refractivity (Wildman–Crippen MR) is 137 cm³/mol. The highest BCUT2D eigenvalue weighted by atomic mass is 16.5. The number of esters is 1. The molecule has 194 valence electrons. The molecule has 1 amide bonds. The van der Waals surface area contributed by atoms with E-state index in [1.54, 1.807) is 11.9 Å². The number of carboxylic acid groups (broad SMARTS) is 1. The Kier molecular flexibility index (Phi) is 9.87. The smallest absolute Gasteiger partial charge is 0.407 e. The lowest BCUT2D eigenvalue weighted by molar-refractivity contribution is -0.143. The number of aliphatic carboxylic acids is 1. The van der Waals surface area contributed by atoms with Crippen molar-refractivity contribution in [1.29, 1.82) is 0 Å². The number of carbonyl (C=O) groups excluding carboxylic acids is 2. The summed E-state index contributed by atoms with van der Waals surface area (Å²) in [5.41, 5.74) is 4.48. The Hall–Kier alpha value is -3.39. The van der Waals surface area contributed by atoms with E-state index in [4.69, 9.17) is 9.47 Å². The number of likely N-dealkylation sites (N-methyl/N-ethyl adjacent to an activating group) is 1. The van der Waals surface area contributed by atoms with Crippen LogP contribution in [-0.2, 0) is 19.1 Å². The van der Waals surface area contributed by atoms with Gasteiger partial charge in [0.2, 0.25) is 0 Å². The van der Waals surface area contributed by atoms with Gasteiger partial charge in [-0.15, -0.1) is 0 Å². The Morgan fingerprint density at radius 1 is 1.03 bits per heavy atom. The summed E-state index contributed by atoms with van der Waals surface area (Å²) in [5.74, 6) is -1.50. The van der Waals surface area contributed by atoms with Crippen LogP contribution in [0.1, 0.15) is 56.1 Å². The van der Waals surface area contributed by atoms with Gasteiger partial charge in [-0.1, -0.05) is 74.7 Å². The van der Waals surface area contributed by atoms with Crippen LogP contribution in [0, 0.1) is 0 Å². The maximum absolute atomic E-state index is 12.8. The van der Waals surface area contributed by atoms with Crippen LogP contribution in [0.5, 0.6) is 0 Å². The maximum Gasteiger partial charge on any atom is 0.407 e. The first kappa shape index (κ1) is 27.2. The molecule has 1 aliphatic carbocycles. The van der Waals surface area contributed by atoms with Crippen LogP contribution in [0.25, 0.3) is 11.1 Å². The van der Waals surface area contributed by atoms with Crippen LogP contribution < -0.4 is 5.32 Å². The largest absolute Gasteiger partial charge is 0.480 e. The van der Waals surface area contributed by atoms with E-state index in [9.17, 15) is 19.5 Å². The summed E-state index contributed by atoms with van der Waals surface area (Å²) in [6.07, 6.45) is 2.48. The number of hydrogen-bond acceptors (Lipinski definition) is 6. The normalized spacial score (nSPS) is 14.0. The third-order valence-corrected chi connectivity index (χ3v) is 6.71. The lowest BCUT2D eigenvalue weighted by Gasteiger charge is -2.29. The lowest BCUT2D eigenvalue weighted by atomic mass is 9.98. The zero-order valence-corrected chi connectivity index (χ0v) is 21.2. The number of carbonyl (C=O) groups is 3. The van der Waals surface area contributed by atoms with Crippen molar-refractivity contribution >= 4 is 18.0 Å². The summed E-state index contributed by atoms with van der Waals surface area (Å²) in [6.45, 7) is 2.38. The molecule has 1 aliphatic rings. The molecule has 0 heterocycles. The van der Waals surface area contributed by atoms with E-state index in [0.29, 0.717) is 6.42 Å².